The highest BCUT2D eigenvalue weighted by molar-refractivity contribution is 14.2. The molecule has 0 atom stereocenters. The lowest BCUT2D eigenvalue weighted by Gasteiger charge is -2.14. The highest BCUT2D eigenvalue weighted by Gasteiger charge is 2.08. The molecule has 0 saturated heterocycles. The summed E-state index contributed by atoms with van der Waals surface area (Å²) in [4.78, 5) is 0. The molecule has 0 bridgehead atoms. The van der Waals surface area contributed by atoms with Crippen molar-refractivity contribution in [1.82, 2.24) is 0 Å². The van der Waals surface area contributed by atoms with Gasteiger partial charge in [0.1, 0.15) is 0 Å². The van der Waals surface area contributed by atoms with Gasteiger partial charge in [0.15, 0.2) is 0 Å². The van der Waals surface area contributed by atoms with Crippen molar-refractivity contribution in [2.45, 2.75) is 110 Å². The van der Waals surface area contributed by atoms with Crippen molar-refractivity contribution >= 4 is 30.4 Å². The predicted octanol–water partition coefficient (Wildman–Crippen LogP) is 8.98. The highest BCUT2D eigenvalue weighted by Crippen LogP contribution is 2.22. The van der Waals surface area contributed by atoms with Gasteiger partial charge in [-0.25, -0.2) is 0 Å². The molecular weight excluding hydrogens is 427 g/mol. The molecule has 0 rings (SSSR count). The molecule has 0 spiro atoms. The average molecular weight is 467 g/mol. The summed E-state index contributed by atoms with van der Waals surface area (Å²) in [7, 11) is 1.50. The van der Waals surface area contributed by atoms with Gasteiger partial charge < -0.3 is 4.18 Å². The SMILES string of the molecule is CCCCC/C=C\CCCC(CCC/C=C\CCCCC)OSI. The summed E-state index contributed by atoms with van der Waals surface area (Å²) < 4.78 is 5.82. The van der Waals surface area contributed by atoms with Crippen molar-refractivity contribution < 1.29 is 4.18 Å². The Labute approximate surface area is 168 Å². The van der Waals surface area contributed by atoms with E-state index in [0.29, 0.717) is 6.10 Å². The third-order valence-corrected chi connectivity index (χ3v) is 5.22. The van der Waals surface area contributed by atoms with Crippen LogP contribution < -0.4 is 0 Å². The fourth-order valence-corrected chi connectivity index (χ4v) is 3.89. The van der Waals surface area contributed by atoms with Gasteiger partial charge in [-0.05, 0) is 64.2 Å². The van der Waals surface area contributed by atoms with Gasteiger partial charge in [-0.3, -0.25) is 0 Å². The number of allylic oxidation sites excluding steroid dienone is 4. The summed E-state index contributed by atoms with van der Waals surface area (Å²) in [6, 6.07) is 0. The zero-order valence-electron chi connectivity index (χ0n) is 16.0. The number of unbranched alkanes of at least 4 members (excludes halogenated alkanes) is 8. The Balaban J connectivity index is 3.62. The van der Waals surface area contributed by atoms with Crippen LogP contribution in [0.1, 0.15) is 104 Å². The molecule has 0 N–H and O–H groups in total. The standard InChI is InChI=1S/C21H39IOS/c1-3-5-7-9-11-13-15-17-19-21(23-24-22)20-18-16-14-12-10-8-6-4-2/h11-14,21H,3-10,15-20H2,1-2H3/b13-11-,14-12-. The van der Waals surface area contributed by atoms with E-state index in [9.17, 15) is 0 Å². The lowest BCUT2D eigenvalue weighted by Crippen LogP contribution is -2.08. The molecule has 0 heterocycles. The van der Waals surface area contributed by atoms with Crippen LogP contribution in [0.4, 0.5) is 0 Å². The van der Waals surface area contributed by atoms with Gasteiger partial charge >= 0.3 is 0 Å². The summed E-state index contributed by atoms with van der Waals surface area (Å²) in [5, 5.41) is 0. The summed E-state index contributed by atoms with van der Waals surface area (Å²) in [6.07, 6.45) is 27.7. The lowest BCUT2D eigenvalue weighted by atomic mass is 10.1. The molecule has 0 saturated carbocycles. The molecule has 0 fully saturated rings. The van der Waals surface area contributed by atoms with Gasteiger partial charge in [0, 0.05) is 21.2 Å². The number of halogens is 1. The Hall–Kier alpha value is 0.520. The topological polar surface area (TPSA) is 9.23 Å². The molecule has 24 heavy (non-hydrogen) atoms. The van der Waals surface area contributed by atoms with E-state index in [1.54, 1.807) is 0 Å². The van der Waals surface area contributed by atoms with Crippen LogP contribution in [0.15, 0.2) is 24.3 Å². The van der Waals surface area contributed by atoms with Crippen LogP contribution >= 0.6 is 30.4 Å². The zero-order chi connectivity index (χ0) is 17.7. The van der Waals surface area contributed by atoms with E-state index in [1.807, 2.05) is 0 Å². The summed E-state index contributed by atoms with van der Waals surface area (Å²) >= 11 is 2.24. The molecular formula is C21H39IOS. The lowest BCUT2D eigenvalue weighted by molar-refractivity contribution is 0.214. The first-order valence-electron chi connectivity index (χ1n) is 10.1. The second-order valence-corrected chi connectivity index (χ2v) is 7.97. The van der Waals surface area contributed by atoms with Crippen molar-refractivity contribution in [3.63, 3.8) is 0 Å². The van der Waals surface area contributed by atoms with Crippen LogP contribution in [0.25, 0.3) is 0 Å². The smallest absolute Gasteiger partial charge is 0.0732 e. The van der Waals surface area contributed by atoms with Gasteiger partial charge in [-0.1, -0.05) is 63.8 Å². The van der Waals surface area contributed by atoms with E-state index >= 15 is 0 Å². The van der Waals surface area contributed by atoms with Gasteiger partial charge in [-0.15, -0.1) is 0 Å². The van der Waals surface area contributed by atoms with E-state index in [1.165, 1.54) is 99.1 Å². The Bertz CT molecular complexity index is 266. The van der Waals surface area contributed by atoms with Gasteiger partial charge in [0.2, 0.25) is 0 Å². The monoisotopic (exact) mass is 466 g/mol. The molecule has 0 aromatic heterocycles. The van der Waals surface area contributed by atoms with Gasteiger partial charge in [0.25, 0.3) is 0 Å². The third kappa shape index (κ3) is 18.9. The largest absolute Gasteiger partial charge is 0.302 e. The van der Waals surface area contributed by atoms with Crippen LogP contribution in [0.2, 0.25) is 0 Å². The molecule has 0 aliphatic carbocycles. The first-order valence-corrected chi connectivity index (χ1v) is 13.4. The molecule has 1 nitrogen and oxygen atoms in total. The van der Waals surface area contributed by atoms with Gasteiger partial charge in [0.05, 0.1) is 15.3 Å². The van der Waals surface area contributed by atoms with E-state index in [0.717, 1.165) is 0 Å². The van der Waals surface area contributed by atoms with Crippen molar-refractivity contribution in [2.75, 3.05) is 0 Å². The normalized spacial score (nSPS) is 12.2. The van der Waals surface area contributed by atoms with Crippen LogP contribution in [0.3, 0.4) is 0 Å². The summed E-state index contributed by atoms with van der Waals surface area (Å²) in [5.74, 6) is 0. The second-order valence-electron chi connectivity index (χ2n) is 6.58. The minimum Gasteiger partial charge on any atom is -0.302 e. The number of hydrogen-bond acceptors (Lipinski definition) is 2. The fraction of sp³-hybridized carbons (Fsp3) is 0.810. The van der Waals surface area contributed by atoms with E-state index < -0.39 is 0 Å². The Morgan fingerprint density at radius 3 is 1.50 bits per heavy atom. The molecule has 0 aliphatic rings. The average Bonchev–Trinajstić information content (AvgIpc) is 2.59. The van der Waals surface area contributed by atoms with Crippen LogP contribution in [-0.4, -0.2) is 6.10 Å². The second kappa shape index (κ2) is 21.6. The Morgan fingerprint density at radius 2 is 1.12 bits per heavy atom. The maximum absolute atomic E-state index is 5.82. The molecule has 0 radical (unpaired) electrons. The molecule has 0 amide bonds. The summed E-state index contributed by atoms with van der Waals surface area (Å²) in [5.41, 5.74) is 0. The molecule has 0 unspecified atom stereocenters. The minimum absolute atomic E-state index is 0.425. The maximum Gasteiger partial charge on any atom is 0.0732 e. The number of rotatable bonds is 18. The van der Waals surface area contributed by atoms with Gasteiger partial charge in [-0.2, -0.15) is 0 Å². The summed E-state index contributed by atoms with van der Waals surface area (Å²) in [6.45, 7) is 4.52. The Morgan fingerprint density at radius 1 is 0.708 bits per heavy atom. The number of hydrogen-bond donors (Lipinski definition) is 0. The van der Waals surface area contributed by atoms with Crippen molar-refractivity contribution in [3.05, 3.63) is 24.3 Å². The Kier molecular flexibility index (Phi) is 22.0. The minimum atomic E-state index is 0.425. The molecule has 0 aliphatic heterocycles. The first-order chi connectivity index (χ1) is 11.8. The molecule has 142 valence electrons. The van der Waals surface area contributed by atoms with Crippen molar-refractivity contribution in [1.29, 1.82) is 0 Å². The van der Waals surface area contributed by atoms with Crippen LogP contribution in [0, 0.1) is 0 Å². The fourth-order valence-electron chi connectivity index (χ4n) is 2.71. The predicted molar refractivity (Wildman–Crippen MR) is 121 cm³/mol. The van der Waals surface area contributed by atoms with E-state index in [4.69, 9.17) is 4.18 Å². The third-order valence-electron chi connectivity index (χ3n) is 4.25. The first kappa shape index (κ1) is 24.5. The van der Waals surface area contributed by atoms with Crippen LogP contribution in [0.5, 0.6) is 0 Å². The van der Waals surface area contributed by atoms with E-state index in [2.05, 4.69) is 59.4 Å². The van der Waals surface area contributed by atoms with Crippen molar-refractivity contribution in [3.8, 4) is 0 Å². The molecule has 0 aromatic rings. The van der Waals surface area contributed by atoms with Crippen LogP contribution in [-0.2, 0) is 4.18 Å². The van der Waals surface area contributed by atoms with E-state index in [-0.39, 0.29) is 0 Å². The molecule has 3 heteroatoms. The highest BCUT2D eigenvalue weighted by atomic mass is 127. The quantitative estimate of drug-likeness (QED) is 0.0863. The zero-order valence-corrected chi connectivity index (χ0v) is 19.0. The maximum atomic E-state index is 5.82. The van der Waals surface area contributed by atoms with Crippen molar-refractivity contribution in [2.24, 2.45) is 0 Å². The molecule has 0 aromatic carbocycles.